The second-order valence-electron chi connectivity index (χ2n) is 8.34. The molecule has 10 heteroatoms. The molecule has 4 aromatic rings. The van der Waals surface area contributed by atoms with Gasteiger partial charge in [-0.3, -0.25) is 0 Å². The smallest absolute Gasteiger partial charge is 0.223 e. The Morgan fingerprint density at radius 1 is 1.06 bits per heavy atom. The lowest BCUT2D eigenvalue weighted by atomic mass is 10.1. The normalized spacial score (nSPS) is 21.5. The molecule has 1 aliphatic heterocycles. The molecule has 3 aromatic heterocycles. The van der Waals surface area contributed by atoms with Gasteiger partial charge in [0.1, 0.15) is 11.5 Å². The maximum absolute atomic E-state index is 5.94. The number of benzene rings is 1. The molecule has 1 aliphatic carbocycles. The molecule has 1 saturated heterocycles. The number of fused-ring (bicyclic) bond motifs is 1. The number of hydrogen-bond donors (Lipinski definition) is 3. The van der Waals surface area contributed by atoms with Crippen LogP contribution in [0.1, 0.15) is 17.2 Å². The van der Waals surface area contributed by atoms with Crippen molar-refractivity contribution in [2.45, 2.75) is 12.3 Å². The summed E-state index contributed by atoms with van der Waals surface area (Å²) in [5.41, 5.74) is 3.07. The first-order valence-electron chi connectivity index (χ1n) is 10.7. The van der Waals surface area contributed by atoms with E-state index >= 15 is 0 Å². The Bertz CT molecular complexity index is 1190. The van der Waals surface area contributed by atoms with Crippen LogP contribution in [-0.2, 0) is 6.42 Å². The molecule has 3 N–H and O–H groups in total. The van der Waals surface area contributed by atoms with E-state index in [0.717, 1.165) is 54.1 Å². The summed E-state index contributed by atoms with van der Waals surface area (Å²) >= 11 is 5.94. The molecule has 2 unspecified atom stereocenters. The first kappa shape index (κ1) is 19.2. The Morgan fingerprint density at radius 3 is 2.69 bits per heavy atom. The highest BCUT2D eigenvalue weighted by Gasteiger charge is 2.57. The van der Waals surface area contributed by atoms with Crippen molar-refractivity contribution in [3.05, 3.63) is 65.2 Å². The van der Waals surface area contributed by atoms with Gasteiger partial charge in [0.25, 0.3) is 0 Å². The number of aromatic amines is 2. The summed E-state index contributed by atoms with van der Waals surface area (Å²) in [6.07, 6.45) is 6.35. The third-order valence-electron chi connectivity index (χ3n) is 6.38. The summed E-state index contributed by atoms with van der Waals surface area (Å²) in [4.78, 5) is 19.3. The molecule has 162 valence electrons. The SMILES string of the molecule is Clc1ccc(CCNc2nccc(-c3ncc(N4CC5C(C4)C5c4cn[nH]n4)[nH]3)n2)cc1. The molecular formula is C22H22ClN9. The van der Waals surface area contributed by atoms with Crippen molar-refractivity contribution in [2.24, 2.45) is 11.8 Å². The number of imidazole rings is 1. The minimum absolute atomic E-state index is 0.538. The van der Waals surface area contributed by atoms with Gasteiger partial charge in [0.15, 0.2) is 5.82 Å². The van der Waals surface area contributed by atoms with Crippen molar-refractivity contribution in [1.82, 2.24) is 35.3 Å². The van der Waals surface area contributed by atoms with Gasteiger partial charge in [-0.25, -0.2) is 15.0 Å². The van der Waals surface area contributed by atoms with Crippen molar-refractivity contribution in [1.29, 1.82) is 0 Å². The molecule has 0 radical (unpaired) electrons. The zero-order chi connectivity index (χ0) is 21.5. The Labute approximate surface area is 189 Å². The topological polar surface area (TPSA) is 111 Å². The zero-order valence-corrected chi connectivity index (χ0v) is 18.0. The molecule has 4 heterocycles. The largest absolute Gasteiger partial charge is 0.356 e. The van der Waals surface area contributed by atoms with Crippen molar-refractivity contribution in [3.63, 3.8) is 0 Å². The molecule has 1 saturated carbocycles. The zero-order valence-electron chi connectivity index (χ0n) is 17.2. The summed E-state index contributed by atoms with van der Waals surface area (Å²) in [5.74, 6) is 4.19. The lowest BCUT2D eigenvalue weighted by molar-refractivity contribution is 0.729. The van der Waals surface area contributed by atoms with Crippen molar-refractivity contribution in [2.75, 3.05) is 29.9 Å². The summed E-state index contributed by atoms with van der Waals surface area (Å²) in [6, 6.07) is 9.74. The van der Waals surface area contributed by atoms with Crippen LogP contribution >= 0.6 is 11.6 Å². The molecule has 32 heavy (non-hydrogen) atoms. The monoisotopic (exact) mass is 447 g/mol. The third kappa shape index (κ3) is 3.69. The lowest BCUT2D eigenvalue weighted by Crippen LogP contribution is -2.23. The van der Waals surface area contributed by atoms with Gasteiger partial charge in [-0.1, -0.05) is 23.7 Å². The van der Waals surface area contributed by atoms with E-state index in [0.29, 0.717) is 23.7 Å². The van der Waals surface area contributed by atoms with Gasteiger partial charge in [-0.2, -0.15) is 15.4 Å². The molecule has 6 rings (SSSR count). The summed E-state index contributed by atoms with van der Waals surface area (Å²) in [7, 11) is 0. The van der Waals surface area contributed by atoms with Gasteiger partial charge >= 0.3 is 0 Å². The van der Waals surface area contributed by atoms with Crippen LogP contribution in [-0.4, -0.2) is 55.0 Å². The van der Waals surface area contributed by atoms with Gasteiger partial charge in [-0.15, -0.1) is 0 Å². The fourth-order valence-corrected chi connectivity index (χ4v) is 4.81. The van der Waals surface area contributed by atoms with Gasteiger partial charge in [0.05, 0.1) is 18.1 Å². The Kier molecular flexibility index (Phi) is 4.75. The van der Waals surface area contributed by atoms with Crippen LogP contribution in [0.3, 0.4) is 0 Å². The molecular weight excluding hydrogens is 426 g/mol. The highest BCUT2D eigenvalue weighted by Crippen LogP contribution is 2.57. The standard InChI is InChI=1S/C22H22ClN9/c23-14-3-1-13(2-4-14)5-7-24-22-25-8-6-17(28-22)21-26-10-19(29-21)32-11-15-16(12-32)20(15)18-9-27-31-30-18/h1-4,6,8-10,15-16,20H,5,7,11-12H2,(H,26,29)(H,24,25,28)(H,27,30,31). The lowest BCUT2D eigenvalue weighted by Gasteiger charge is -2.19. The van der Waals surface area contributed by atoms with E-state index in [1.165, 1.54) is 5.56 Å². The number of rotatable bonds is 7. The first-order valence-corrected chi connectivity index (χ1v) is 11.1. The number of nitrogens with one attached hydrogen (secondary N) is 3. The van der Waals surface area contributed by atoms with Gasteiger partial charge in [0.2, 0.25) is 5.95 Å². The van der Waals surface area contributed by atoms with Crippen LogP contribution in [0, 0.1) is 11.8 Å². The molecule has 0 spiro atoms. The average molecular weight is 448 g/mol. The van der Waals surface area contributed by atoms with E-state index in [2.05, 4.69) is 45.6 Å². The molecule has 0 bridgehead atoms. The Balaban J connectivity index is 1.07. The van der Waals surface area contributed by atoms with Crippen LogP contribution in [0.2, 0.25) is 5.02 Å². The number of aromatic nitrogens is 7. The number of anilines is 2. The van der Waals surface area contributed by atoms with E-state index in [9.17, 15) is 0 Å². The maximum Gasteiger partial charge on any atom is 0.223 e. The number of hydrogen-bond acceptors (Lipinski definition) is 7. The van der Waals surface area contributed by atoms with E-state index in [4.69, 9.17) is 11.6 Å². The summed E-state index contributed by atoms with van der Waals surface area (Å²) in [6.45, 7) is 2.74. The van der Waals surface area contributed by atoms with Crippen LogP contribution in [0.15, 0.2) is 48.9 Å². The van der Waals surface area contributed by atoms with E-state index in [1.54, 1.807) is 6.20 Å². The van der Waals surface area contributed by atoms with Crippen molar-refractivity contribution < 1.29 is 0 Å². The second kappa shape index (κ2) is 7.90. The maximum atomic E-state index is 5.94. The fourth-order valence-electron chi connectivity index (χ4n) is 4.68. The van der Waals surface area contributed by atoms with Gasteiger partial charge < -0.3 is 15.2 Å². The second-order valence-corrected chi connectivity index (χ2v) is 8.78. The summed E-state index contributed by atoms with van der Waals surface area (Å²) in [5, 5.41) is 14.9. The van der Waals surface area contributed by atoms with E-state index in [-0.39, 0.29) is 0 Å². The van der Waals surface area contributed by atoms with Gasteiger partial charge in [-0.05, 0) is 42.0 Å². The van der Waals surface area contributed by atoms with E-state index in [1.807, 2.05) is 42.7 Å². The highest BCUT2D eigenvalue weighted by molar-refractivity contribution is 6.30. The molecule has 0 amide bonds. The van der Waals surface area contributed by atoms with Crippen molar-refractivity contribution >= 4 is 23.4 Å². The Hall–Kier alpha value is -3.46. The van der Waals surface area contributed by atoms with Gasteiger partial charge in [0, 0.05) is 36.8 Å². The quantitative estimate of drug-likeness (QED) is 0.399. The van der Waals surface area contributed by atoms with E-state index < -0.39 is 0 Å². The summed E-state index contributed by atoms with van der Waals surface area (Å²) < 4.78 is 0. The number of H-pyrrole nitrogens is 2. The third-order valence-corrected chi connectivity index (χ3v) is 6.63. The predicted molar refractivity (Wildman–Crippen MR) is 122 cm³/mol. The Morgan fingerprint density at radius 2 is 1.91 bits per heavy atom. The van der Waals surface area contributed by atoms with Crippen LogP contribution in [0.25, 0.3) is 11.5 Å². The molecule has 2 atom stereocenters. The predicted octanol–water partition coefficient (Wildman–Crippen LogP) is 3.14. The molecule has 2 aliphatic rings. The number of nitrogens with zero attached hydrogens (tertiary/aromatic N) is 6. The molecule has 1 aromatic carbocycles. The van der Waals surface area contributed by atoms with Crippen LogP contribution < -0.4 is 10.2 Å². The minimum atomic E-state index is 0.538. The molecule has 9 nitrogen and oxygen atoms in total. The highest BCUT2D eigenvalue weighted by atomic mass is 35.5. The number of piperidine rings is 1. The van der Waals surface area contributed by atoms with Crippen molar-refractivity contribution in [3.8, 4) is 11.5 Å². The molecule has 2 fully saturated rings. The number of halogens is 1. The fraction of sp³-hybridized carbons (Fsp3) is 0.318. The minimum Gasteiger partial charge on any atom is -0.356 e. The van der Waals surface area contributed by atoms with Crippen LogP contribution in [0.4, 0.5) is 11.8 Å². The van der Waals surface area contributed by atoms with Crippen LogP contribution in [0.5, 0.6) is 0 Å². The average Bonchev–Trinajstić information content (AvgIpc) is 3.35. The first-order chi connectivity index (χ1) is 15.7.